The number of aliphatic carboxylic acids is 1. The lowest BCUT2D eigenvalue weighted by Gasteiger charge is -2.08. The highest BCUT2D eigenvalue weighted by atomic mass is 16.5. The Morgan fingerprint density at radius 1 is 1.26 bits per heavy atom. The van der Waals surface area contributed by atoms with Crippen LogP contribution in [0.1, 0.15) is 5.56 Å². The molecule has 0 radical (unpaired) electrons. The van der Waals surface area contributed by atoms with Crippen molar-refractivity contribution in [3.63, 3.8) is 0 Å². The molecule has 0 fully saturated rings. The summed E-state index contributed by atoms with van der Waals surface area (Å²) in [6.45, 7) is 0. The molecule has 5 heteroatoms. The first-order chi connectivity index (χ1) is 9.06. The van der Waals surface area contributed by atoms with Gasteiger partial charge in [0.25, 0.3) is 0 Å². The third-order valence-electron chi connectivity index (χ3n) is 2.93. The molecule has 0 unspecified atom stereocenters. The number of carboxylic acids is 1. The predicted octanol–water partition coefficient (Wildman–Crippen LogP) is 2.29. The van der Waals surface area contributed by atoms with Crippen LogP contribution in [0.15, 0.2) is 24.4 Å². The summed E-state index contributed by atoms with van der Waals surface area (Å²) in [5.74, 6) is 0.286. The van der Waals surface area contributed by atoms with Gasteiger partial charge in [-0.25, -0.2) is 4.79 Å². The van der Waals surface area contributed by atoms with Crippen LogP contribution >= 0.6 is 0 Å². The largest absolute Gasteiger partial charge is 0.493 e. The maximum Gasteiger partial charge on any atom is 0.328 e. The lowest BCUT2D eigenvalue weighted by molar-refractivity contribution is -0.131. The van der Waals surface area contributed by atoms with E-state index in [1.54, 1.807) is 20.3 Å². The van der Waals surface area contributed by atoms with Crippen molar-refractivity contribution < 1.29 is 19.4 Å². The van der Waals surface area contributed by atoms with Crippen LogP contribution in [-0.2, 0) is 11.8 Å². The first-order valence-electron chi connectivity index (χ1n) is 5.69. The van der Waals surface area contributed by atoms with E-state index in [0.29, 0.717) is 11.5 Å². The van der Waals surface area contributed by atoms with Crippen molar-refractivity contribution in [3.05, 3.63) is 30.0 Å². The van der Waals surface area contributed by atoms with E-state index in [9.17, 15) is 4.79 Å². The smallest absolute Gasteiger partial charge is 0.328 e. The second-order valence-corrected chi connectivity index (χ2v) is 4.09. The van der Waals surface area contributed by atoms with Crippen LogP contribution in [0.3, 0.4) is 0 Å². The van der Waals surface area contributed by atoms with E-state index in [1.165, 1.54) is 0 Å². The van der Waals surface area contributed by atoms with Gasteiger partial charge in [-0.15, -0.1) is 0 Å². The zero-order valence-electron chi connectivity index (χ0n) is 11.0. The van der Waals surface area contributed by atoms with Crippen molar-refractivity contribution in [3.8, 4) is 11.5 Å². The Labute approximate surface area is 110 Å². The number of rotatable bonds is 4. The third-order valence-corrected chi connectivity index (χ3v) is 2.93. The van der Waals surface area contributed by atoms with Crippen LogP contribution in [0, 0.1) is 0 Å². The van der Waals surface area contributed by atoms with E-state index in [-0.39, 0.29) is 0 Å². The molecule has 1 aromatic heterocycles. The van der Waals surface area contributed by atoms with Gasteiger partial charge in [0.05, 0.1) is 19.7 Å². The molecule has 0 saturated carbocycles. The van der Waals surface area contributed by atoms with Gasteiger partial charge in [-0.1, -0.05) is 0 Å². The van der Waals surface area contributed by atoms with Crippen molar-refractivity contribution in [2.24, 2.45) is 7.05 Å². The number of ether oxygens (including phenoxy) is 2. The fourth-order valence-corrected chi connectivity index (χ4v) is 2.03. The second-order valence-electron chi connectivity index (χ2n) is 4.09. The maximum absolute atomic E-state index is 10.6. The summed E-state index contributed by atoms with van der Waals surface area (Å²) in [6, 6.07) is 3.71. The fraction of sp³-hybridized carbons (Fsp3) is 0.214. The van der Waals surface area contributed by atoms with Crippen molar-refractivity contribution >= 4 is 22.9 Å². The molecule has 0 saturated heterocycles. The predicted molar refractivity (Wildman–Crippen MR) is 72.7 cm³/mol. The second kappa shape index (κ2) is 5.06. The normalized spacial score (nSPS) is 11.1. The van der Waals surface area contributed by atoms with Crippen LogP contribution in [0.25, 0.3) is 17.0 Å². The summed E-state index contributed by atoms with van der Waals surface area (Å²) in [6.07, 6.45) is 4.55. The van der Waals surface area contributed by atoms with Crippen molar-refractivity contribution in [1.82, 2.24) is 4.57 Å². The van der Waals surface area contributed by atoms with Gasteiger partial charge in [0.1, 0.15) is 0 Å². The van der Waals surface area contributed by atoms with Gasteiger partial charge in [-0.3, -0.25) is 0 Å². The number of carbonyl (C=O) groups is 1. The van der Waals surface area contributed by atoms with Crippen molar-refractivity contribution in [1.29, 1.82) is 0 Å². The molecular weight excluding hydrogens is 246 g/mol. The van der Waals surface area contributed by atoms with E-state index >= 15 is 0 Å². The van der Waals surface area contributed by atoms with Crippen LogP contribution < -0.4 is 9.47 Å². The Hall–Kier alpha value is -2.43. The van der Waals surface area contributed by atoms with Gasteiger partial charge in [0.15, 0.2) is 11.5 Å². The van der Waals surface area contributed by atoms with Crippen LogP contribution in [0.2, 0.25) is 0 Å². The average molecular weight is 261 g/mol. The van der Waals surface area contributed by atoms with E-state index < -0.39 is 5.97 Å². The maximum atomic E-state index is 10.6. The standard InChI is InChI=1S/C14H15NO4/c1-15-8-9(4-5-14(16)17)10-6-12(18-2)13(19-3)7-11(10)15/h4-8H,1-3H3,(H,16,17)/b5-4+. The molecule has 0 amide bonds. The molecule has 2 aromatic rings. The molecule has 0 aliphatic carbocycles. The van der Waals surface area contributed by atoms with Crippen LogP contribution in [-0.4, -0.2) is 29.9 Å². The Balaban J connectivity index is 2.65. The first-order valence-corrected chi connectivity index (χ1v) is 5.69. The van der Waals surface area contributed by atoms with E-state index in [0.717, 1.165) is 22.5 Å². The fourth-order valence-electron chi connectivity index (χ4n) is 2.03. The summed E-state index contributed by atoms with van der Waals surface area (Å²) >= 11 is 0. The Morgan fingerprint density at radius 2 is 1.89 bits per heavy atom. The number of methoxy groups -OCH3 is 2. The van der Waals surface area contributed by atoms with Gasteiger partial charge >= 0.3 is 5.97 Å². The number of aryl methyl sites for hydroxylation is 1. The number of benzene rings is 1. The zero-order valence-corrected chi connectivity index (χ0v) is 11.0. The average Bonchev–Trinajstić information content (AvgIpc) is 2.71. The lowest BCUT2D eigenvalue weighted by atomic mass is 10.1. The summed E-state index contributed by atoms with van der Waals surface area (Å²) in [5.41, 5.74) is 1.77. The summed E-state index contributed by atoms with van der Waals surface area (Å²) < 4.78 is 12.4. The summed E-state index contributed by atoms with van der Waals surface area (Å²) in [5, 5.41) is 9.61. The topological polar surface area (TPSA) is 60.7 Å². The van der Waals surface area contributed by atoms with Gasteiger partial charge in [-0.05, 0) is 12.1 Å². The summed E-state index contributed by atoms with van der Waals surface area (Å²) in [7, 11) is 5.05. The van der Waals surface area contributed by atoms with Gasteiger partial charge in [0, 0.05) is 36.3 Å². The Bertz CT molecular complexity index is 655. The quantitative estimate of drug-likeness (QED) is 0.858. The third kappa shape index (κ3) is 2.40. The van der Waals surface area contributed by atoms with Gasteiger partial charge in [-0.2, -0.15) is 0 Å². The van der Waals surface area contributed by atoms with Crippen molar-refractivity contribution in [2.45, 2.75) is 0 Å². The van der Waals surface area contributed by atoms with Gasteiger partial charge in [0.2, 0.25) is 0 Å². The van der Waals surface area contributed by atoms with E-state index in [1.807, 2.05) is 29.9 Å². The van der Waals surface area contributed by atoms with Crippen LogP contribution in [0.5, 0.6) is 11.5 Å². The molecule has 0 spiro atoms. The number of carboxylic acid groups (broad SMARTS) is 1. The molecule has 5 nitrogen and oxygen atoms in total. The molecule has 0 bridgehead atoms. The highest BCUT2D eigenvalue weighted by Gasteiger charge is 2.11. The number of fused-ring (bicyclic) bond motifs is 1. The molecule has 1 aromatic carbocycles. The SMILES string of the molecule is COc1cc2c(/C=C/C(=O)O)cn(C)c2cc1OC. The van der Waals surface area contributed by atoms with Gasteiger partial charge < -0.3 is 19.1 Å². The zero-order chi connectivity index (χ0) is 14.0. The first kappa shape index (κ1) is 13.0. The minimum atomic E-state index is -0.975. The van der Waals surface area contributed by atoms with E-state index in [2.05, 4.69) is 0 Å². The minimum absolute atomic E-state index is 0.617. The molecule has 1 N–H and O–H groups in total. The number of hydrogen-bond donors (Lipinski definition) is 1. The highest BCUT2D eigenvalue weighted by Crippen LogP contribution is 2.34. The molecule has 2 rings (SSSR count). The molecule has 0 aliphatic heterocycles. The summed E-state index contributed by atoms with van der Waals surface area (Å²) in [4.78, 5) is 10.6. The lowest BCUT2D eigenvalue weighted by Crippen LogP contribution is -1.91. The molecular formula is C14H15NO4. The molecule has 0 aliphatic rings. The number of aromatic nitrogens is 1. The van der Waals surface area contributed by atoms with Crippen LogP contribution in [0.4, 0.5) is 0 Å². The highest BCUT2D eigenvalue weighted by molar-refractivity contribution is 5.95. The van der Waals surface area contributed by atoms with Crippen molar-refractivity contribution in [2.75, 3.05) is 14.2 Å². The monoisotopic (exact) mass is 261 g/mol. The Morgan fingerprint density at radius 3 is 2.47 bits per heavy atom. The molecule has 19 heavy (non-hydrogen) atoms. The number of nitrogens with zero attached hydrogens (tertiary/aromatic N) is 1. The number of hydrogen-bond acceptors (Lipinski definition) is 3. The Kier molecular flexibility index (Phi) is 3.46. The molecule has 100 valence electrons. The minimum Gasteiger partial charge on any atom is -0.493 e. The van der Waals surface area contributed by atoms with E-state index in [4.69, 9.17) is 14.6 Å². The molecule has 1 heterocycles. The molecule has 0 atom stereocenters.